The van der Waals surface area contributed by atoms with Crippen LogP contribution in [0.15, 0.2) is 87.7 Å². The largest absolute Gasteiger partial charge is 0.398 e. The van der Waals surface area contributed by atoms with Crippen LogP contribution < -0.4 is 5.73 Å². The SMILES string of the molecule is C#CCCC1=CN=C(c2ccc(F)cc2C(=O)C(C=C(N)/C2=C\CCOCCC2)=NC)C(=C)C=C1. The summed E-state index contributed by atoms with van der Waals surface area (Å²) in [5.74, 6) is 1.63. The molecule has 0 aromatic heterocycles. The topological polar surface area (TPSA) is 77.0 Å². The lowest BCUT2D eigenvalue weighted by Gasteiger charge is -2.14. The lowest BCUT2D eigenvalue weighted by Crippen LogP contribution is -2.19. The van der Waals surface area contributed by atoms with E-state index in [-0.39, 0.29) is 11.3 Å². The fourth-order valence-corrected chi connectivity index (χ4v) is 3.83. The number of nitrogens with two attached hydrogens (primary N) is 1. The average molecular weight is 472 g/mol. The third kappa shape index (κ3) is 6.84. The van der Waals surface area contributed by atoms with Gasteiger partial charge in [-0.25, -0.2) is 4.39 Å². The van der Waals surface area contributed by atoms with Crippen molar-refractivity contribution in [1.82, 2.24) is 0 Å². The van der Waals surface area contributed by atoms with Gasteiger partial charge in [0.1, 0.15) is 11.5 Å². The Morgan fingerprint density at radius 3 is 2.97 bits per heavy atom. The molecule has 0 saturated heterocycles. The molecule has 0 unspecified atom stereocenters. The molecule has 0 spiro atoms. The van der Waals surface area contributed by atoms with E-state index in [9.17, 15) is 9.18 Å². The van der Waals surface area contributed by atoms with Gasteiger partial charge < -0.3 is 10.5 Å². The predicted molar refractivity (Wildman–Crippen MR) is 140 cm³/mol. The molecule has 0 aliphatic carbocycles. The van der Waals surface area contributed by atoms with Gasteiger partial charge in [-0.05, 0) is 66.7 Å². The minimum absolute atomic E-state index is 0.134. The quantitative estimate of drug-likeness (QED) is 0.335. The Morgan fingerprint density at radius 2 is 2.20 bits per heavy atom. The molecule has 2 N–H and O–H groups in total. The number of ether oxygens (including phenoxy) is 1. The molecule has 6 heteroatoms. The number of allylic oxidation sites excluding steroid dienone is 6. The zero-order valence-corrected chi connectivity index (χ0v) is 20.0. The maximum atomic E-state index is 14.3. The maximum Gasteiger partial charge on any atom is 0.211 e. The van der Waals surface area contributed by atoms with Gasteiger partial charge in [0, 0.05) is 43.1 Å². The summed E-state index contributed by atoms with van der Waals surface area (Å²) in [7, 11) is 1.52. The van der Waals surface area contributed by atoms with Gasteiger partial charge in [-0.2, -0.15) is 0 Å². The van der Waals surface area contributed by atoms with E-state index in [1.807, 2.05) is 18.2 Å². The van der Waals surface area contributed by atoms with Crippen LogP contribution in [-0.2, 0) is 4.74 Å². The van der Waals surface area contributed by atoms with Crippen molar-refractivity contribution in [2.75, 3.05) is 20.3 Å². The molecule has 1 aromatic carbocycles. The van der Waals surface area contributed by atoms with E-state index >= 15 is 0 Å². The van der Waals surface area contributed by atoms with Crippen LogP contribution in [0.2, 0.25) is 0 Å². The second-order valence-electron chi connectivity index (χ2n) is 8.21. The average Bonchev–Trinajstić information content (AvgIpc) is 3.01. The highest BCUT2D eigenvalue weighted by Crippen LogP contribution is 2.23. The number of halogens is 1. The van der Waals surface area contributed by atoms with Crippen LogP contribution in [0, 0.1) is 18.2 Å². The molecule has 0 radical (unpaired) electrons. The van der Waals surface area contributed by atoms with Crippen LogP contribution in [0.25, 0.3) is 0 Å². The Morgan fingerprint density at radius 1 is 1.37 bits per heavy atom. The minimum atomic E-state index is -0.534. The molecule has 2 aliphatic heterocycles. The van der Waals surface area contributed by atoms with Crippen molar-refractivity contribution in [2.24, 2.45) is 15.7 Å². The molecule has 0 fully saturated rings. The van der Waals surface area contributed by atoms with E-state index in [0.717, 1.165) is 30.4 Å². The van der Waals surface area contributed by atoms with Gasteiger partial charge in [0.2, 0.25) is 5.78 Å². The van der Waals surface area contributed by atoms with E-state index in [1.165, 1.54) is 19.2 Å². The van der Waals surface area contributed by atoms with Crippen molar-refractivity contribution in [2.45, 2.75) is 32.1 Å². The number of Topliss-reactive ketones (excluding diaryl/α,β-unsaturated/α-hetero) is 1. The number of hydrogen-bond donors (Lipinski definition) is 1. The summed E-state index contributed by atoms with van der Waals surface area (Å²) in [6.07, 6.45) is 18.0. The third-order valence-electron chi connectivity index (χ3n) is 5.73. The molecule has 3 rings (SSSR count). The number of nitrogens with zero attached hydrogens (tertiary/aromatic N) is 2. The molecular formula is C29H30FN3O2. The normalized spacial score (nSPS) is 18.9. The number of carbonyl (C=O) groups excluding carboxylic acids is 1. The van der Waals surface area contributed by atoms with Gasteiger partial charge in [0.25, 0.3) is 0 Å². The minimum Gasteiger partial charge on any atom is -0.398 e. The van der Waals surface area contributed by atoms with Crippen molar-refractivity contribution in [3.63, 3.8) is 0 Å². The number of hydrogen-bond acceptors (Lipinski definition) is 5. The summed E-state index contributed by atoms with van der Waals surface area (Å²) < 4.78 is 19.8. The third-order valence-corrected chi connectivity index (χ3v) is 5.73. The monoisotopic (exact) mass is 471 g/mol. The molecule has 0 amide bonds. The van der Waals surface area contributed by atoms with E-state index in [2.05, 4.69) is 22.5 Å². The van der Waals surface area contributed by atoms with Crippen molar-refractivity contribution < 1.29 is 13.9 Å². The zero-order valence-electron chi connectivity index (χ0n) is 20.0. The van der Waals surface area contributed by atoms with Crippen molar-refractivity contribution in [1.29, 1.82) is 0 Å². The van der Waals surface area contributed by atoms with E-state index < -0.39 is 11.6 Å². The van der Waals surface area contributed by atoms with E-state index in [1.54, 1.807) is 18.3 Å². The van der Waals surface area contributed by atoms with Crippen molar-refractivity contribution >= 4 is 17.2 Å². The summed E-state index contributed by atoms with van der Waals surface area (Å²) in [6.45, 7) is 5.39. The Kier molecular flexibility index (Phi) is 9.28. The van der Waals surface area contributed by atoms with Crippen LogP contribution in [-0.4, -0.2) is 37.5 Å². The van der Waals surface area contributed by atoms with Crippen LogP contribution in [0.3, 0.4) is 0 Å². The summed E-state index contributed by atoms with van der Waals surface area (Å²) in [6, 6.07) is 4.04. The number of rotatable bonds is 7. The number of ketones is 1. The van der Waals surface area contributed by atoms with E-state index in [4.69, 9.17) is 16.9 Å². The molecule has 1 aromatic rings. The smallest absolute Gasteiger partial charge is 0.211 e. The van der Waals surface area contributed by atoms with Gasteiger partial charge in [-0.1, -0.05) is 24.8 Å². The summed E-state index contributed by atoms with van der Waals surface area (Å²) >= 11 is 0. The number of terminal acetylenes is 1. The Hall–Kier alpha value is -3.82. The Bertz CT molecular complexity index is 1220. The number of carbonyl (C=O) groups is 1. The summed E-state index contributed by atoms with van der Waals surface area (Å²) in [5.41, 5.74) is 10.5. The summed E-state index contributed by atoms with van der Waals surface area (Å²) in [5, 5.41) is 0. The second kappa shape index (κ2) is 12.6. The van der Waals surface area contributed by atoms with Gasteiger partial charge in [0.05, 0.1) is 12.3 Å². The molecule has 5 nitrogen and oxygen atoms in total. The molecule has 0 bridgehead atoms. The number of aliphatic imine (C=N–C) groups is 2. The van der Waals surface area contributed by atoms with Gasteiger partial charge >= 0.3 is 0 Å². The molecule has 35 heavy (non-hydrogen) atoms. The molecule has 0 saturated carbocycles. The first kappa shape index (κ1) is 25.8. The van der Waals surface area contributed by atoms with E-state index in [0.29, 0.717) is 48.6 Å². The first-order valence-electron chi connectivity index (χ1n) is 11.6. The first-order chi connectivity index (χ1) is 16.9. The van der Waals surface area contributed by atoms with Gasteiger partial charge in [-0.15, -0.1) is 12.3 Å². The lowest BCUT2D eigenvalue weighted by atomic mass is 9.93. The van der Waals surface area contributed by atoms with Crippen LogP contribution in [0.4, 0.5) is 4.39 Å². The standard InChI is InChI=1S/C29H30FN3O2/c1-4-5-8-21-12-11-20(2)28(33-19-21)24-14-13-23(30)17-25(24)29(34)27(32-3)18-26(31)22-9-6-15-35-16-7-10-22/h1,9,11-14,17-19H,2,5-8,10,15-16,31H2,3H3/b22-9-,26-18?,32-27?. The Balaban J connectivity index is 1.98. The molecule has 180 valence electrons. The zero-order chi connectivity index (χ0) is 25.2. The highest BCUT2D eigenvalue weighted by atomic mass is 19.1. The fraction of sp³-hybridized carbons (Fsp3) is 0.276. The van der Waals surface area contributed by atoms with Crippen LogP contribution in [0.1, 0.15) is 48.0 Å². The maximum absolute atomic E-state index is 14.3. The molecule has 0 atom stereocenters. The van der Waals surface area contributed by atoms with Crippen molar-refractivity contribution in [3.8, 4) is 12.3 Å². The van der Waals surface area contributed by atoms with Gasteiger partial charge in [-0.3, -0.25) is 14.8 Å². The molecule has 2 aliphatic rings. The predicted octanol–water partition coefficient (Wildman–Crippen LogP) is 5.26. The molecular weight excluding hydrogens is 441 g/mol. The fourth-order valence-electron chi connectivity index (χ4n) is 3.83. The highest BCUT2D eigenvalue weighted by Gasteiger charge is 2.22. The Labute approximate surface area is 206 Å². The van der Waals surface area contributed by atoms with Crippen LogP contribution >= 0.6 is 0 Å². The molecule has 2 heterocycles. The van der Waals surface area contributed by atoms with Gasteiger partial charge in [0.15, 0.2) is 0 Å². The number of benzene rings is 1. The highest BCUT2D eigenvalue weighted by molar-refractivity contribution is 6.51. The van der Waals surface area contributed by atoms with Crippen molar-refractivity contribution in [3.05, 3.63) is 94.6 Å². The summed E-state index contributed by atoms with van der Waals surface area (Å²) in [4.78, 5) is 22.3. The lowest BCUT2D eigenvalue weighted by molar-refractivity contribution is 0.106. The second-order valence-corrected chi connectivity index (χ2v) is 8.21. The van der Waals surface area contributed by atoms with Crippen LogP contribution in [0.5, 0.6) is 0 Å². The first-order valence-corrected chi connectivity index (χ1v) is 11.6.